The fraction of sp³-hybridized carbons (Fsp3) is 0.364. The Balaban J connectivity index is 2.09. The van der Waals surface area contributed by atoms with Crippen LogP contribution in [0.1, 0.15) is 21.9 Å². The van der Waals surface area contributed by atoms with Gasteiger partial charge in [0.05, 0.1) is 11.0 Å². The number of hydrogen-bond acceptors (Lipinski definition) is 7. The van der Waals surface area contributed by atoms with E-state index < -0.39 is 5.95 Å². The van der Waals surface area contributed by atoms with Crippen molar-refractivity contribution in [2.45, 2.75) is 19.0 Å². The average molecular weight is 280 g/mol. The third-order valence-electron chi connectivity index (χ3n) is 2.32. The molecule has 0 amide bonds. The molecule has 0 spiro atoms. The summed E-state index contributed by atoms with van der Waals surface area (Å²) in [7, 11) is 1.48. The number of carbonyl (C=O) groups excluding carboxylic acids is 1. The van der Waals surface area contributed by atoms with Crippen LogP contribution < -0.4 is 9.79 Å². The highest BCUT2D eigenvalue weighted by molar-refractivity contribution is 7.99. The molecule has 0 saturated carbocycles. The summed E-state index contributed by atoms with van der Waals surface area (Å²) in [6.07, 6.45) is 0. The Hall–Kier alpha value is -1.96. The zero-order valence-electron chi connectivity index (χ0n) is 10.7. The fourth-order valence-electron chi connectivity index (χ4n) is 1.57. The van der Waals surface area contributed by atoms with E-state index in [2.05, 4.69) is 19.8 Å². The van der Waals surface area contributed by atoms with Crippen LogP contribution in [0, 0.1) is 13.8 Å². The summed E-state index contributed by atoms with van der Waals surface area (Å²) in [6.45, 7) is 3.71. The Morgan fingerprint density at radius 3 is 2.58 bits per heavy atom. The van der Waals surface area contributed by atoms with Gasteiger partial charge in [0.25, 0.3) is 5.69 Å². The maximum Gasteiger partial charge on any atom is 0.300 e. The monoisotopic (exact) mass is 280 g/mol. The topological polar surface area (TPSA) is 95.8 Å². The number of rotatable bonds is 4. The number of hydrogen-bond donors (Lipinski definition) is 0. The molecule has 0 saturated heterocycles. The van der Waals surface area contributed by atoms with Crippen molar-refractivity contribution in [3.63, 3.8) is 0 Å². The highest BCUT2D eigenvalue weighted by Crippen LogP contribution is 2.17. The van der Waals surface area contributed by atoms with Gasteiger partial charge < -0.3 is 9.63 Å². The molecule has 8 heteroatoms. The molecular weight excluding hydrogens is 268 g/mol. The van der Waals surface area contributed by atoms with Gasteiger partial charge in [0.15, 0.2) is 18.2 Å². The number of carbonyl (C=O) groups is 1. The molecule has 0 radical (unpaired) electrons. The highest BCUT2D eigenvalue weighted by Gasteiger charge is 2.22. The molecule has 2 rings (SSSR count). The van der Waals surface area contributed by atoms with Crippen LogP contribution in [0.5, 0.6) is 5.95 Å². The van der Waals surface area contributed by atoms with Crippen LogP contribution in [-0.4, -0.2) is 26.8 Å². The molecule has 0 N–H and O–H groups in total. The van der Waals surface area contributed by atoms with Gasteiger partial charge in [-0.2, -0.15) is 0 Å². The standard InChI is InChI=1S/C11H12N4O3S/c1-6-4-7(2)13-11(12-6)19-5-8(16)9-10(17)18-14-15(9)3/h4H,5H2,1-3H3. The van der Waals surface area contributed by atoms with Gasteiger partial charge in [-0.3, -0.25) is 4.79 Å². The van der Waals surface area contributed by atoms with Crippen LogP contribution in [0.3, 0.4) is 0 Å². The van der Waals surface area contributed by atoms with E-state index in [4.69, 9.17) is 0 Å². The molecule has 2 heterocycles. The Bertz CT molecular complexity index is 587. The number of ketones is 1. The quantitative estimate of drug-likeness (QED) is 0.335. The Kier molecular flexibility index (Phi) is 3.79. The van der Waals surface area contributed by atoms with Crippen LogP contribution >= 0.6 is 11.8 Å². The molecular formula is C11H12N4O3S. The normalized spacial score (nSPS) is 10.7. The van der Waals surface area contributed by atoms with Crippen molar-refractivity contribution in [3.8, 4) is 5.95 Å². The molecule has 0 aliphatic carbocycles. The van der Waals surface area contributed by atoms with Crippen molar-refractivity contribution in [2.24, 2.45) is 7.05 Å². The SMILES string of the molecule is Cc1cc(C)nc(SCC(=O)c2c([O-])on[n+]2C)n1. The van der Waals surface area contributed by atoms with Crippen LogP contribution in [0.25, 0.3) is 0 Å². The third kappa shape index (κ3) is 3.08. The first kappa shape index (κ1) is 13.5. The van der Waals surface area contributed by atoms with Gasteiger partial charge in [-0.25, -0.2) is 9.97 Å². The number of thioether (sulfide) groups is 1. The molecule has 19 heavy (non-hydrogen) atoms. The van der Waals surface area contributed by atoms with Gasteiger partial charge >= 0.3 is 0 Å². The van der Waals surface area contributed by atoms with Crippen molar-refractivity contribution in [3.05, 3.63) is 23.1 Å². The molecule has 7 nitrogen and oxygen atoms in total. The van der Waals surface area contributed by atoms with Gasteiger partial charge in [0.1, 0.15) is 0 Å². The predicted octanol–water partition coefficient (Wildman–Crippen LogP) is -0.0455. The summed E-state index contributed by atoms with van der Waals surface area (Å²) >= 11 is 1.18. The zero-order valence-corrected chi connectivity index (χ0v) is 11.5. The van der Waals surface area contributed by atoms with Crippen molar-refractivity contribution < 1.29 is 19.1 Å². The summed E-state index contributed by atoms with van der Waals surface area (Å²) in [5.41, 5.74) is 1.60. The summed E-state index contributed by atoms with van der Waals surface area (Å²) in [5, 5.41) is 15.2. The van der Waals surface area contributed by atoms with E-state index in [1.165, 1.54) is 18.8 Å². The lowest BCUT2D eigenvalue weighted by atomic mass is 10.3. The molecule has 0 unspecified atom stereocenters. The number of aromatic nitrogens is 4. The van der Waals surface area contributed by atoms with Crippen molar-refractivity contribution in [2.75, 3.05) is 5.75 Å². The first-order chi connectivity index (χ1) is 8.97. The second-order valence-corrected chi connectivity index (χ2v) is 4.92. The van der Waals surface area contributed by atoms with Crippen molar-refractivity contribution in [1.82, 2.24) is 15.2 Å². The molecule has 0 aliphatic heterocycles. The maximum absolute atomic E-state index is 11.9. The summed E-state index contributed by atoms with van der Waals surface area (Å²) in [6, 6.07) is 1.85. The first-order valence-electron chi connectivity index (χ1n) is 5.48. The maximum atomic E-state index is 11.9. The minimum Gasteiger partial charge on any atom is -0.539 e. The summed E-state index contributed by atoms with van der Waals surface area (Å²) < 4.78 is 5.54. The molecule has 0 bridgehead atoms. The minimum absolute atomic E-state index is 0.0627. The molecule has 0 aromatic carbocycles. The molecule has 100 valence electrons. The Morgan fingerprint density at radius 2 is 2.05 bits per heavy atom. The van der Waals surface area contributed by atoms with Gasteiger partial charge in [0, 0.05) is 11.4 Å². The van der Waals surface area contributed by atoms with Crippen molar-refractivity contribution in [1.29, 1.82) is 0 Å². The van der Waals surface area contributed by atoms with Gasteiger partial charge in [-0.1, -0.05) is 16.4 Å². The average Bonchev–Trinajstić information content (AvgIpc) is 2.65. The lowest BCUT2D eigenvalue weighted by molar-refractivity contribution is -0.741. The molecule has 2 aromatic rings. The molecule has 0 aliphatic rings. The van der Waals surface area contributed by atoms with Crippen LogP contribution in [0.15, 0.2) is 15.7 Å². The Labute approximate surface area is 113 Å². The van der Waals surface area contributed by atoms with Gasteiger partial charge in [0.2, 0.25) is 5.78 Å². The van der Waals surface area contributed by atoms with E-state index in [1.54, 1.807) is 0 Å². The summed E-state index contributed by atoms with van der Waals surface area (Å²) in [5.74, 6) is -1.02. The van der Waals surface area contributed by atoms with Crippen LogP contribution in [0.2, 0.25) is 0 Å². The molecule has 2 aromatic heterocycles. The van der Waals surface area contributed by atoms with Gasteiger partial charge in [-0.15, -0.1) is 0 Å². The second kappa shape index (κ2) is 5.35. The smallest absolute Gasteiger partial charge is 0.300 e. The first-order valence-corrected chi connectivity index (χ1v) is 6.47. The van der Waals surface area contributed by atoms with E-state index in [-0.39, 0.29) is 17.2 Å². The largest absolute Gasteiger partial charge is 0.539 e. The highest BCUT2D eigenvalue weighted by atomic mass is 32.2. The summed E-state index contributed by atoms with van der Waals surface area (Å²) in [4.78, 5) is 20.3. The Morgan fingerprint density at radius 1 is 1.42 bits per heavy atom. The molecule has 0 atom stereocenters. The van der Waals surface area contributed by atoms with E-state index in [0.29, 0.717) is 5.16 Å². The number of Topliss-reactive ketones (excluding diaryl/α,β-unsaturated/α-hetero) is 1. The van der Waals surface area contributed by atoms with Gasteiger partial charge in [-0.05, 0) is 19.9 Å². The van der Waals surface area contributed by atoms with E-state index in [9.17, 15) is 9.90 Å². The molecule has 0 fully saturated rings. The number of aryl methyl sites for hydroxylation is 3. The lowest BCUT2D eigenvalue weighted by Gasteiger charge is -2.01. The minimum atomic E-state index is -0.727. The van der Waals surface area contributed by atoms with Crippen LogP contribution in [0.4, 0.5) is 0 Å². The zero-order chi connectivity index (χ0) is 14.0. The van der Waals surface area contributed by atoms with E-state index >= 15 is 0 Å². The van der Waals surface area contributed by atoms with Crippen molar-refractivity contribution >= 4 is 17.5 Å². The third-order valence-corrected chi connectivity index (χ3v) is 3.17. The fourth-order valence-corrected chi connectivity index (χ4v) is 2.38. The lowest BCUT2D eigenvalue weighted by Crippen LogP contribution is -2.37. The predicted molar refractivity (Wildman–Crippen MR) is 63.7 cm³/mol. The second-order valence-electron chi connectivity index (χ2n) is 3.98. The van der Waals surface area contributed by atoms with E-state index in [0.717, 1.165) is 16.1 Å². The van der Waals surface area contributed by atoms with Crippen LogP contribution in [-0.2, 0) is 7.05 Å². The van der Waals surface area contributed by atoms with E-state index in [1.807, 2.05) is 19.9 Å². The number of nitrogens with zero attached hydrogens (tertiary/aromatic N) is 4.